The Morgan fingerprint density at radius 1 is 1.17 bits per heavy atom. The van der Waals surface area contributed by atoms with Crippen LogP contribution in [0.5, 0.6) is 11.5 Å². The molecule has 2 aliphatic rings. The van der Waals surface area contributed by atoms with E-state index < -0.39 is 17.2 Å². The van der Waals surface area contributed by atoms with Crippen LogP contribution in [0.1, 0.15) is 44.2 Å². The zero-order valence-corrected chi connectivity index (χ0v) is 16.8. The quantitative estimate of drug-likeness (QED) is 0.730. The van der Waals surface area contributed by atoms with Crippen LogP contribution in [0.4, 0.5) is 5.69 Å². The molecule has 2 atom stereocenters. The van der Waals surface area contributed by atoms with E-state index in [2.05, 4.69) is 6.92 Å². The number of rotatable bonds is 7. The van der Waals surface area contributed by atoms with E-state index in [1.807, 2.05) is 41.3 Å². The van der Waals surface area contributed by atoms with Crippen molar-refractivity contribution >= 4 is 17.5 Å². The van der Waals surface area contributed by atoms with E-state index in [1.54, 1.807) is 13.0 Å². The number of unbranched alkanes of at least 4 members (excludes halogenated alkanes) is 2. The van der Waals surface area contributed by atoms with Gasteiger partial charge in [-0.25, -0.2) is 0 Å². The minimum absolute atomic E-state index is 0.111. The highest BCUT2D eigenvalue weighted by atomic mass is 16.7. The Bertz CT molecular complexity index is 958. The van der Waals surface area contributed by atoms with Crippen molar-refractivity contribution < 1.29 is 19.1 Å². The van der Waals surface area contributed by atoms with Crippen molar-refractivity contribution in [3.63, 3.8) is 0 Å². The molecule has 4 rings (SSSR count). The molecule has 0 radical (unpaired) electrons. The Hall–Kier alpha value is -3.02. The first-order valence-corrected chi connectivity index (χ1v) is 10.1. The fourth-order valence-corrected chi connectivity index (χ4v) is 4.52. The van der Waals surface area contributed by atoms with Gasteiger partial charge in [0.1, 0.15) is 5.41 Å². The van der Waals surface area contributed by atoms with Gasteiger partial charge in [-0.3, -0.25) is 9.59 Å². The van der Waals surface area contributed by atoms with E-state index >= 15 is 0 Å². The van der Waals surface area contributed by atoms with Crippen molar-refractivity contribution in [2.45, 2.75) is 38.5 Å². The highest BCUT2D eigenvalue weighted by Gasteiger charge is 2.57. The maximum absolute atomic E-state index is 14.0. The molecule has 0 aliphatic carbocycles. The van der Waals surface area contributed by atoms with Crippen LogP contribution in [0.15, 0.2) is 42.5 Å². The number of hydrogen-bond acceptors (Lipinski definition) is 4. The van der Waals surface area contributed by atoms with Crippen molar-refractivity contribution in [3.8, 4) is 11.5 Å². The van der Waals surface area contributed by atoms with Crippen LogP contribution < -0.4 is 20.1 Å². The second-order valence-electron chi connectivity index (χ2n) is 7.68. The van der Waals surface area contributed by atoms with Crippen molar-refractivity contribution in [1.82, 2.24) is 0 Å². The number of para-hydroxylation sites is 1. The van der Waals surface area contributed by atoms with Crippen LogP contribution in [0.3, 0.4) is 0 Å². The summed E-state index contributed by atoms with van der Waals surface area (Å²) >= 11 is 0. The predicted molar refractivity (Wildman–Crippen MR) is 110 cm³/mol. The maximum atomic E-state index is 14.0. The first-order chi connectivity index (χ1) is 14.0. The van der Waals surface area contributed by atoms with Gasteiger partial charge in [0.15, 0.2) is 11.5 Å². The Kier molecular flexibility index (Phi) is 4.94. The summed E-state index contributed by atoms with van der Waals surface area (Å²) in [6.07, 6.45) is 3.00. The second-order valence-corrected chi connectivity index (χ2v) is 7.68. The Morgan fingerprint density at radius 2 is 1.93 bits per heavy atom. The molecule has 2 aromatic carbocycles. The van der Waals surface area contributed by atoms with E-state index in [4.69, 9.17) is 15.2 Å². The fourth-order valence-electron chi connectivity index (χ4n) is 4.52. The molecule has 6 nitrogen and oxygen atoms in total. The maximum Gasteiger partial charge on any atom is 0.243 e. The molecule has 0 aromatic heterocycles. The van der Waals surface area contributed by atoms with Crippen molar-refractivity contribution in [1.29, 1.82) is 0 Å². The first-order valence-electron chi connectivity index (χ1n) is 10.1. The molecule has 0 spiro atoms. The summed E-state index contributed by atoms with van der Waals surface area (Å²) in [6.45, 7) is 4.62. The highest BCUT2D eigenvalue weighted by molar-refractivity contribution is 6.13. The van der Waals surface area contributed by atoms with E-state index in [0.29, 0.717) is 23.6 Å². The van der Waals surface area contributed by atoms with Gasteiger partial charge in [0, 0.05) is 12.2 Å². The summed E-state index contributed by atoms with van der Waals surface area (Å²) in [4.78, 5) is 28.2. The molecular formula is C23H26N2O4. The minimum Gasteiger partial charge on any atom is -0.454 e. The number of ether oxygens (including phenoxy) is 2. The summed E-state index contributed by atoms with van der Waals surface area (Å²) in [5, 5.41) is 0. The van der Waals surface area contributed by atoms with E-state index in [9.17, 15) is 9.59 Å². The van der Waals surface area contributed by atoms with Gasteiger partial charge >= 0.3 is 0 Å². The summed E-state index contributed by atoms with van der Waals surface area (Å²) in [5.74, 6) is -0.142. The lowest BCUT2D eigenvalue weighted by molar-refractivity contribution is -0.130. The zero-order chi connectivity index (χ0) is 20.6. The lowest BCUT2D eigenvalue weighted by atomic mass is 9.66. The molecular weight excluding hydrogens is 368 g/mol. The first kappa shape index (κ1) is 19.3. The molecule has 29 heavy (non-hydrogen) atoms. The number of amides is 2. The van der Waals surface area contributed by atoms with Gasteiger partial charge < -0.3 is 20.1 Å². The summed E-state index contributed by atoms with van der Waals surface area (Å²) in [6, 6.07) is 13.1. The number of nitrogens with two attached hydrogens (primary N) is 1. The molecule has 2 heterocycles. The predicted octanol–water partition coefficient (Wildman–Crippen LogP) is 3.36. The van der Waals surface area contributed by atoms with Crippen LogP contribution in [0, 0.1) is 5.92 Å². The minimum atomic E-state index is -1.18. The third kappa shape index (κ3) is 2.85. The number of fused-ring (bicyclic) bond motifs is 2. The average Bonchev–Trinajstić information content (AvgIpc) is 3.28. The topological polar surface area (TPSA) is 81.9 Å². The van der Waals surface area contributed by atoms with E-state index in [0.717, 1.165) is 30.5 Å². The smallest absolute Gasteiger partial charge is 0.243 e. The molecule has 2 amide bonds. The van der Waals surface area contributed by atoms with Crippen LogP contribution in [0.25, 0.3) is 0 Å². The highest BCUT2D eigenvalue weighted by Crippen LogP contribution is 2.52. The van der Waals surface area contributed by atoms with Gasteiger partial charge in [-0.1, -0.05) is 51.0 Å². The number of carbonyl (C=O) groups is 2. The van der Waals surface area contributed by atoms with Gasteiger partial charge in [-0.15, -0.1) is 0 Å². The summed E-state index contributed by atoms with van der Waals surface area (Å²) in [5.41, 5.74) is 6.94. The van der Waals surface area contributed by atoms with Crippen molar-refractivity contribution in [3.05, 3.63) is 53.6 Å². The lowest BCUT2D eigenvalue weighted by Crippen LogP contribution is -2.50. The number of anilines is 1. The second kappa shape index (κ2) is 7.43. The van der Waals surface area contributed by atoms with Crippen LogP contribution >= 0.6 is 0 Å². The third-order valence-electron chi connectivity index (χ3n) is 6.09. The van der Waals surface area contributed by atoms with Crippen molar-refractivity contribution in [2.24, 2.45) is 11.7 Å². The third-order valence-corrected chi connectivity index (χ3v) is 6.09. The number of nitrogens with zero attached hydrogens (tertiary/aromatic N) is 1. The SMILES string of the molecule is CCCCCN1C(=O)C(c2ccc3c(c2)OCO3)(C(C)C(N)=O)c2ccccc21. The molecule has 0 saturated carbocycles. The Balaban J connectivity index is 1.91. The number of benzene rings is 2. The van der Waals surface area contributed by atoms with E-state index in [1.165, 1.54) is 0 Å². The molecule has 2 aromatic rings. The van der Waals surface area contributed by atoms with Crippen molar-refractivity contribution in [2.75, 3.05) is 18.2 Å². The number of hydrogen-bond donors (Lipinski definition) is 1. The molecule has 0 bridgehead atoms. The molecule has 6 heteroatoms. The normalized spacial score (nSPS) is 20.6. The van der Waals surface area contributed by atoms with Gasteiger partial charge in [0.2, 0.25) is 18.6 Å². The molecule has 2 unspecified atom stereocenters. The van der Waals surface area contributed by atoms with Gasteiger partial charge in [0.25, 0.3) is 0 Å². The standard InChI is InChI=1S/C23H26N2O4/c1-3-4-7-12-25-18-9-6-5-8-17(18)23(22(25)27,15(2)21(24)26)16-10-11-19-20(13-16)29-14-28-19/h5-6,8-11,13,15H,3-4,7,12,14H2,1-2H3,(H2,24,26). The van der Waals surface area contributed by atoms with Crippen LogP contribution in [-0.4, -0.2) is 25.2 Å². The van der Waals surface area contributed by atoms with Gasteiger partial charge in [-0.05, 0) is 35.7 Å². The summed E-state index contributed by atoms with van der Waals surface area (Å²) in [7, 11) is 0. The Morgan fingerprint density at radius 3 is 2.69 bits per heavy atom. The lowest BCUT2D eigenvalue weighted by Gasteiger charge is -2.33. The van der Waals surface area contributed by atoms with Crippen LogP contribution in [-0.2, 0) is 15.0 Å². The largest absolute Gasteiger partial charge is 0.454 e. The average molecular weight is 394 g/mol. The fraction of sp³-hybridized carbons (Fsp3) is 0.391. The molecule has 2 N–H and O–H groups in total. The Labute approximate surface area is 170 Å². The monoisotopic (exact) mass is 394 g/mol. The molecule has 0 saturated heterocycles. The number of carbonyl (C=O) groups excluding carboxylic acids is 2. The summed E-state index contributed by atoms with van der Waals surface area (Å²) < 4.78 is 11.0. The molecule has 0 fully saturated rings. The van der Waals surface area contributed by atoms with Gasteiger partial charge in [-0.2, -0.15) is 0 Å². The van der Waals surface area contributed by atoms with Gasteiger partial charge in [0.05, 0.1) is 5.92 Å². The number of primary amides is 1. The molecule has 152 valence electrons. The van der Waals surface area contributed by atoms with E-state index in [-0.39, 0.29) is 12.7 Å². The molecule has 2 aliphatic heterocycles. The van der Waals surface area contributed by atoms with Crippen LogP contribution in [0.2, 0.25) is 0 Å². The zero-order valence-electron chi connectivity index (χ0n) is 16.8.